The van der Waals surface area contributed by atoms with Gasteiger partial charge in [0.05, 0.1) is 12.6 Å². The van der Waals surface area contributed by atoms with Crippen molar-refractivity contribution in [1.29, 1.82) is 0 Å². The predicted octanol–water partition coefficient (Wildman–Crippen LogP) is 4.26. The molecule has 0 fully saturated rings. The second kappa shape index (κ2) is 5.41. The van der Waals surface area contributed by atoms with Gasteiger partial charge in [0.25, 0.3) is 0 Å². The van der Waals surface area contributed by atoms with Crippen molar-refractivity contribution in [2.24, 2.45) is 0 Å². The van der Waals surface area contributed by atoms with Gasteiger partial charge < -0.3 is 9.30 Å². The minimum Gasteiger partial charge on any atom is -0.497 e. The number of para-hydroxylation sites is 1. The van der Waals surface area contributed by atoms with E-state index in [1.807, 2.05) is 12.1 Å². The number of ether oxygens (including phenoxy) is 1. The van der Waals surface area contributed by atoms with Gasteiger partial charge in [0, 0.05) is 12.7 Å². The summed E-state index contributed by atoms with van der Waals surface area (Å²) in [5.41, 5.74) is 4.04. The second-order valence-corrected chi connectivity index (χ2v) is 5.00. The molecular weight excluding hydrogens is 246 g/mol. The molecule has 2 heteroatoms. The molecule has 0 spiro atoms. The van der Waals surface area contributed by atoms with Crippen LogP contribution in [0.1, 0.15) is 18.1 Å². The van der Waals surface area contributed by atoms with Gasteiger partial charge in [0.15, 0.2) is 0 Å². The summed E-state index contributed by atoms with van der Waals surface area (Å²) < 4.78 is 7.53. The van der Waals surface area contributed by atoms with Gasteiger partial charge in [0.2, 0.25) is 0 Å². The van der Waals surface area contributed by atoms with E-state index in [1.54, 1.807) is 7.11 Å². The summed E-state index contributed by atoms with van der Waals surface area (Å²) in [6.45, 7) is 3.10. The highest BCUT2D eigenvalue weighted by atomic mass is 16.5. The van der Waals surface area contributed by atoms with Crippen molar-refractivity contribution >= 4 is 10.9 Å². The lowest BCUT2D eigenvalue weighted by Crippen LogP contribution is -2.00. The van der Waals surface area contributed by atoms with E-state index in [0.29, 0.717) is 0 Å². The lowest BCUT2D eigenvalue weighted by Gasteiger charge is -2.09. The Bertz CT molecular complexity index is 710. The first-order valence-electron chi connectivity index (χ1n) is 7.01. The van der Waals surface area contributed by atoms with Crippen molar-refractivity contribution in [3.63, 3.8) is 0 Å². The number of aryl methyl sites for hydroxylation is 1. The summed E-state index contributed by atoms with van der Waals surface area (Å²) in [6.07, 6.45) is 3.23. The fourth-order valence-corrected chi connectivity index (χ4v) is 2.69. The second-order valence-electron chi connectivity index (χ2n) is 5.00. The molecule has 3 rings (SSSR count). The molecule has 1 aromatic heterocycles. The molecule has 20 heavy (non-hydrogen) atoms. The summed E-state index contributed by atoms with van der Waals surface area (Å²) >= 11 is 0. The van der Waals surface area contributed by atoms with Gasteiger partial charge in [-0.3, -0.25) is 0 Å². The molecule has 0 aliphatic carbocycles. The van der Waals surface area contributed by atoms with E-state index in [-0.39, 0.29) is 0 Å². The van der Waals surface area contributed by atoms with Crippen molar-refractivity contribution in [2.75, 3.05) is 7.11 Å². The highest BCUT2D eigenvalue weighted by Gasteiger charge is 2.06. The van der Waals surface area contributed by atoms with E-state index in [9.17, 15) is 0 Å². The number of hydrogen-bond acceptors (Lipinski definition) is 1. The third-order valence-electron chi connectivity index (χ3n) is 3.76. The SMILES string of the molecule is CCc1cccc2ccn(Cc3ccc(OC)cc3)c12. The van der Waals surface area contributed by atoms with Crippen LogP contribution in [0.15, 0.2) is 54.7 Å². The van der Waals surface area contributed by atoms with Crippen molar-refractivity contribution < 1.29 is 4.74 Å². The molecule has 2 nitrogen and oxygen atoms in total. The first-order valence-corrected chi connectivity index (χ1v) is 7.01. The largest absolute Gasteiger partial charge is 0.497 e. The first kappa shape index (κ1) is 12.8. The molecule has 0 aliphatic rings. The zero-order valence-corrected chi connectivity index (χ0v) is 12.0. The summed E-state index contributed by atoms with van der Waals surface area (Å²) in [4.78, 5) is 0. The molecule has 0 amide bonds. The Morgan fingerprint density at radius 1 is 1.00 bits per heavy atom. The zero-order chi connectivity index (χ0) is 13.9. The van der Waals surface area contributed by atoms with Gasteiger partial charge in [-0.1, -0.05) is 37.3 Å². The number of rotatable bonds is 4. The van der Waals surface area contributed by atoms with Gasteiger partial charge in [0.1, 0.15) is 5.75 Å². The molecule has 3 aromatic rings. The number of hydrogen-bond donors (Lipinski definition) is 0. The van der Waals surface area contributed by atoms with Crippen LogP contribution in [-0.2, 0) is 13.0 Å². The van der Waals surface area contributed by atoms with E-state index in [4.69, 9.17) is 4.74 Å². The molecule has 0 aliphatic heterocycles. The van der Waals surface area contributed by atoms with Crippen LogP contribution >= 0.6 is 0 Å². The average Bonchev–Trinajstić information content (AvgIpc) is 2.91. The smallest absolute Gasteiger partial charge is 0.118 e. The Kier molecular flexibility index (Phi) is 3.46. The van der Waals surface area contributed by atoms with Crippen LogP contribution in [0.5, 0.6) is 5.75 Å². The summed E-state index contributed by atoms with van der Waals surface area (Å²) in [6, 6.07) is 17.0. The van der Waals surface area contributed by atoms with Crippen LogP contribution in [0, 0.1) is 0 Å². The Labute approximate surface area is 119 Å². The maximum absolute atomic E-state index is 5.20. The highest BCUT2D eigenvalue weighted by Crippen LogP contribution is 2.22. The van der Waals surface area contributed by atoms with Gasteiger partial charge in [-0.15, -0.1) is 0 Å². The number of aromatic nitrogens is 1. The molecule has 2 aromatic carbocycles. The molecule has 0 saturated heterocycles. The van der Waals surface area contributed by atoms with E-state index in [1.165, 1.54) is 22.0 Å². The third-order valence-corrected chi connectivity index (χ3v) is 3.76. The van der Waals surface area contributed by atoms with E-state index < -0.39 is 0 Å². The molecule has 0 N–H and O–H groups in total. The minimum absolute atomic E-state index is 0.893. The first-order chi connectivity index (χ1) is 9.81. The van der Waals surface area contributed by atoms with E-state index in [2.05, 4.69) is 54.1 Å². The zero-order valence-electron chi connectivity index (χ0n) is 12.0. The Morgan fingerprint density at radius 3 is 2.50 bits per heavy atom. The number of nitrogens with zero attached hydrogens (tertiary/aromatic N) is 1. The lowest BCUT2D eigenvalue weighted by atomic mass is 10.1. The van der Waals surface area contributed by atoms with Crippen molar-refractivity contribution in [3.8, 4) is 5.75 Å². The molecule has 0 bridgehead atoms. The van der Waals surface area contributed by atoms with Crippen LogP contribution in [0.4, 0.5) is 0 Å². The number of methoxy groups -OCH3 is 1. The number of benzene rings is 2. The van der Waals surface area contributed by atoms with Gasteiger partial charge >= 0.3 is 0 Å². The highest BCUT2D eigenvalue weighted by molar-refractivity contribution is 5.83. The molecular formula is C18H19NO. The summed E-state index contributed by atoms with van der Waals surface area (Å²) in [5, 5.41) is 1.32. The van der Waals surface area contributed by atoms with Crippen molar-refractivity contribution in [1.82, 2.24) is 4.57 Å². The quantitative estimate of drug-likeness (QED) is 0.687. The maximum atomic E-state index is 5.20. The van der Waals surface area contributed by atoms with Crippen LogP contribution in [0.3, 0.4) is 0 Å². The lowest BCUT2D eigenvalue weighted by molar-refractivity contribution is 0.414. The van der Waals surface area contributed by atoms with E-state index >= 15 is 0 Å². The monoisotopic (exact) mass is 265 g/mol. The Morgan fingerprint density at radius 2 is 1.80 bits per heavy atom. The van der Waals surface area contributed by atoms with Crippen LogP contribution in [0.2, 0.25) is 0 Å². The predicted molar refractivity (Wildman–Crippen MR) is 83.4 cm³/mol. The van der Waals surface area contributed by atoms with Crippen LogP contribution in [0.25, 0.3) is 10.9 Å². The maximum Gasteiger partial charge on any atom is 0.118 e. The average molecular weight is 265 g/mol. The Hall–Kier alpha value is -2.22. The third kappa shape index (κ3) is 2.29. The van der Waals surface area contributed by atoms with Crippen LogP contribution in [-0.4, -0.2) is 11.7 Å². The molecule has 102 valence electrons. The van der Waals surface area contributed by atoms with Gasteiger partial charge in [-0.05, 0) is 41.1 Å². The number of fused-ring (bicyclic) bond motifs is 1. The molecule has 0 saturated carbocycles. The van der Waals surface area contributed by atoms with Crippen molar-refractivity contribution in [3.05, 3.63) is 65.9 Å². The molecule has 0 atom stereocenters. The Balaban J connectivity index is 1.97. The fourth-order valence-electron chi connectivity index (χ4n) is 2.69. The van der Waals surface area contributed by atoms with Gasteiger partial charge in [-0.2, -0.15) is 0 Å². The topological polar surface area (TPSA) is 14.2 Å². The van der Waals surface area contributed by atoms with Crippen LogP contribution < -0.4 is 4.74 Å². The fraction of sp³-hybridized carbons (Fsp3) is 0.222. The summed E-state index contributed by atoms with van der Waals surface area (Å²) in [7, 11) is 1.70. The van der Waals surface area contributed by atoms with E-state index in [0.717, 1.165) is 18.7 Å². The molecule has 0 unspecified atom stereocenters. The minimum atomic E-state index is 0.893. The van der Waals surface area contributed by atoms with Gasteiger partial charge in [-0.25, -0.2) is 0 Å². The summed E-state index contributed by atoms with van der Waals surface area (Å²) in [5.74, 6) is 0.903. The molecule has 1 heterocycles. The molecule has 0 radical (unpaired) electrons. The van der Waals surface area contributed by atoms with Crippen molar-refractivity contribution in [2.45, 2.75) is 19.9 Å². The normalized spacial score (nSPS) is 10.9. The standard InChI is InChI=1S/C18H19NO/c1-3-15-5-4-6-16-11-12-19(18(15)16)13-14-7-9-17(20-2)10-8-14/h4-12H,3,13H2,1-2H3.